The summed E-state index contributed by atoms with van der Waals surface area (Å²) in [7, 11) is 1.56. The highest BCUT2D eigenvalue weighted by Gasteiger charge is 2.29. The second kappa shape index (κ2) is 4.58. The highest BCUT2D eigenvalue weighted by Crippen LogP contribution is 2.35. The summed E-state index contributed by atoms with van der Waals surface area (Å²) < 4.78 is 38.9. The molecule has 0 aliphatic carbocycles. The van der Waals surface area contributed by atoms with Crippen LogP contribution in [0, 0.1) is 18.6 Å². The van der Waals surface area contributed by atoms with E-state index in [-0.39, 0.29) is 23.2 Å². The van der Waals surface area contributed by atoms with Crippen LogP contribution in [0.15, 0.2) is 11.0 Å². The Labute approximate surface area is 121 Å². The van der Waals surface area contributed by atoms with Crippen molar-refractivity contribution in [2.24, 2.45) is 0 Å². The molecule has 1 aliphatic rings. The minimum absolute atomic E-state index is 0.0212. The Morgan fingerprint density at radius 3 is 2.73 bits per heavy atom. The Hall–Kier alpha value is -2.84. The van der Waals surface area contributed by atoms with Gasteiger partial charge in [-0.15, -0.1) is 0 Å². The molecule has 0 saturated heterocycles. The third kappa shape index (κ3) is 1.78. The van der Waals surface area contributed by atoms with Gasteiger partial charge in [0.2, 0.25) is 17.0 Å². The number of benzene rings is 1. The summed E-state index contributed by atoms with van der Waals surface area (Å²) in [5.41, 5.74) is -1.08. The minimum Gasteiger partial charge on any atom is -0.466 e. The van der Waals surface area contributed by atoms with Gasteiger partial charge in [-0.1, -0.05) is 0 Å². The van der Waals surface area contributed by atoms with E-state index in [1.54, 1.807) is 7.05 Å². The van der Waals surface area contributed by atoms with Gasteiger partial charge in [0.15, 0.2) is 18.3 Å². The molecule has 0 atom stereocenters. The Balaban J connectivity index is 2.52. The molecular formula is C13H10F2N2O5. The van der Waals surface area contributed by atoms with Gasteiger partial charge in [-0.2, -0.15) is 4.39 Å². The van der Waals surface area contributed by atoms with E-state index in [4.69, 9.17) is 9.84 Å². The summed E-state index contributed by atoms with van der Waals surface area (Å²) in [6.45, 7) is 1.11. The molecule has 0 fully saturated rings. The average molecular weight is 312 g/mol. The first-order valence-electron chi connectivity index (χ1n) is 6.14. The number of aromatic nitrogens is 1. The maximum absolute atomic E-state index is 14.0. The van der Waals surface area contributed by atoms with Crippen molar-refractivity contribution in [1.29, 1.82) is 0 Å². The molecule has 2 heterocycles. The number of halogens is 2. The van der Waals surface area contributed by atoms with E-state index in [0.717, 1.165) is 6.20 Å². The topological polar surface area (TPSA) is 81.0 Å². The van der Waals surface area contributed by atoms with Crippen LogP contribution in [0.3, 0.4) is 0 Å². The summed E-state index contributed by atoms with van der Waals surface area (Å²) in [4.78, 5) is 23.0. The first-order chi connectivity index (χ1) is 10.3. The molecule has 1 aromatic carbocycles. The van der Waals surface area contributed by atoms with E-state index >= 15 is 0 Å². The lowest BCUT2D eigenvalue weighted by molar-refractivity contribution is 0.143. The van der Waals surface area contributed by atoms with Crippen LogP contribution in [0.4, 0.5) is 13.6 Å². The van der Waals surface area contributed by atoms with Gasteiger partial charge in [0.05, 0.1) is 11.6 Å². The highest BCUT2D eigenvalue weighted by atomic mass is 19.2. The van der Waals surface area contributed by atoms with Crippen LogP contribution in [-0.4, -0.2) is 29.7 Å². The number of pyridine rings is 1. The quantitative estimate of drug-likeness (QED) is 0.805. The smallest absolute Gasteiger partial charge is 0.466 e. The molecule has 7 nitrogen and oxygen atoms in total. The molecule has 0 amide bonds. The SMILES string of the molecule is Cc1c(F)c(F)c2c3c1c(=O)c(OC(=O)O)cn3N(C)CO2. The van der Waals surface area contributed by atoms with Crippen LogP contribution < -0.4 is 19.9 Å². The fourth-order valence-corrected chi connectivity index (χ4v) is 2.41. The molecule has 2 aromatic rings. The van der Waals surface area contributed by atoms with Gasteiger partial charge in [-0.05, 0) is 6.92 Å². The molecule has 0 bridgehead atoms. The lowest BCUT2D eigenvalue weighted by Gasteiger charge is -2.31. The monoisotopic (exact) mass is 312 g/mol. The predicted octanol–water partition coefficient (Wildman–Crippen LogP) is 1.56. The number of hydrogen-bond donors (Lipinski definition) is 1. The third-order valence-corrected chi connectivity index (χ3v) is 3.43. The fraction of sp³-hybridized carbons (Fsp3) is 0.231. The first-order valence-corrected chi connectivity index (χ1v) is 6.14. The van der Waals surface area contributed by atoms with Crippen LogP contribution in [-0.2, 0) is 0 Å². The summed E-state index contributed by atoms with van der Waals surface area (Å²) in [6.07, 6.45) is -0.582. The molecule has 0 radical (unpaired) electrons. The summed E-state index contributed by atoms with van der Waals surface area (Å²) in [6, 6.07) is 0. The standard InChI is InChI=1S/C13H10F2N2O5/c1-5-7-10-12(9(15)8(5)14)21-4-16(2)17(10)3-6(11(7)18)22-13(19)20/h3H,4H2,1-2H3,(H,19,20). The minimum atomic E-state index is -1.68. The number of rotatable bonds is 1. The van der Waals surface area contributed by atoms with Gasteiger partial charge in [0.25, 0.3) is 0 Å². The largest absolute Gasteiger partial charge is 0.511 e. The first kappa shape index (κ1) is 14.1. The Kier molecular flexibility index (Phi) is 2.94. The Morgan fingerprint density at radius 2 is 2.09 bits per heavy atom. The maximum atomic E-state index is 14.0. The Bertz CT molecular complexity index is 877. The molecule has 1 aromatic heterocycles. The number of ether oxygens (including phenoxy) is 2. The van der Waals surface area contributed by atoms with Crippen LogP contribution in [0.25, 0.3) is 10.9 Å². The van der Waals surface area contributed by atoms with E-state index in [9.17, 15) is 18.4 Å². The van der Waals surface area contributed by atoms with Crippen molar-refractivity contribution in [3.63, 3.8) is 0 Å². The van der Waals surface area contributed by atoms with E-state index in [0.29, 0.717) is 0 Å². The molecule has 22 heavy (non-hydrogen) atoms. The number of hydrogen-bond acceptors (Lipinski definition) is 5. The van der Waals surface area contributed by atoms with Crippen molar-refractivity contribution >= 4 is 17.1 Å². The number of nitrogens with zero attached hydrogens (tertiary/aromatic N) is 2. The molecule has 9 heteroatoms. The molecular weight excluding hydrogens is 302 g/mol. The highest BCUT2D eigenvalue weighted by molar-refractivity contribution is 5.90. The molecule has 0 unspecified atom stereocenters. The molecule has 116 valence electrons. The van der Waals surface area contributed by atoms with Crippen molar-refractivity contribution in [2.45, 2.75) is 6.92 Å². The number of aryl methyl sites for hydroxylation is 1. The molecule has 3 rings (SSSR count). The van der Waals surface area contributed by atoms with E-state index in [1.807, 2.05) is 0 Å². The summed E-state index contributed by atoms with van der Waals surface area (Å²) in [5.74, 6) is -3.31. The van der Waals surface area contributed by atoms with Gasteiger partial charge in [-0.3, -0.25) is 14.5 Å². The molecule has 1 aliphatic heterocycles. The van der Waals surface area contributed by atoms with Crippen molar-refractivity contribution in [2.75, 3.05) is 18.8 Å². The van der Waals surface area contributed by atoms with Crippen molar-refractivity contribution in [1.82, 2.24) is 4.68 Å². The van der Waals surface area contributed by atoms with Crippen LogP contribution >= 0.6 is 0 Å². The number of carboxylic acid groups (broad SMARTS) is 1. The van der Waals surface area contributed by atoms with Gasteiger partial charge in [0, 0.05) is 12.6 Å². The lowest BCUT2D eigenvalue weighted by Crippen LogP contribution is -2.39. The zero-order valence-corrected chi connectivity index (χ0v) is 11.5. The van der Waals surface area contributed by atoms with Crippen LogP contribution in [0.5, 0.6) is 11.5 Å². The van der Waals surface area contributed by atoms with Crippen molar-refractivity contribution in [3.05, 3.63) is 33.6 Å². The van der Waals surface area contributed by atoms with Gasteiger partial charge < -0.3 is 14.6 Å². The average Bonchev–Trinajstić information content (AvgIpc) is 2.45. The van der Waals surface area contributed by atoms with E-state index in [2.05, 4.69) is 4.74 Å². The summed E-state index contributed by atoms with van der Waals surface area (Å²) in [5, 5.41) is 9.94. The molecule has 1 N–H and O–H groups in total. The van der Waals surface area contributed by atoms with Gasteiger partial charge >= 0.3 is 6.16 Å². The van der Waals surface area contributed by atoms with Gasteiger partial charge in [-0.25, -0.2) is 9.18 Å². The second-order valence-corrected chi connectivity index (χ2v) is 4.77. The molecule has 0 spiro atoms. The van der Waals surface area contributed by atoms with Crippen molar-refractivity contribution < 1.29 is 28.2 Å². The zero-order valence-electron chi connectivity index (χ0n) is 11.5. The Morgan fingerprint density at radius 1 is 1.41 bits per heavy atom. The summed E-state index contributed by atoms with van der Waals surface area (Å²) >= 11 is 0. The fourth-order valence-electron chi connectivity index (χ4n) is 2.41. The van der Waals surface area contributed by atoms with Crippen LogP contribution in [0.1, 0.15) is 5.56 Å². The normalized spacial score (nSPS) is 13.2. The second-order valence-electron chi connectivity index (χ2n) is 4.77. The third-order valence-electron chi connectivity index (χ3n) is 3.43. The maximum Gasteiger partial charge on any atom is 0.511 e. The number of carbonyl (C=O) groups is 1. The van der Waals surface area contributed by atoms with Crippen LogP contribution in [0.2, 0.25) is 0 Å². The predicted molar refractivity (Wildman–Crippen MR) is 71.1 cm³/mol. The van der Waals surface area contributed by atoms with Crippen molar-refractivity contribution in [3.8, 4) is 11.5 Å². The van der Waals surface area contributed by atoms with Gasteiger partial charge in [0.1, 0.15) is 5.52 Å². The molecule has 0 saturated carbocycles. The van der Waals surface area contributed by atoms with E-state index < -0.39 is 34.7 Å². The van der Waals surface area contributed by atoms with E-state index in [1.165, 1.54) is 16.6 Å². The zero-order chi connectivity index (χ0) is 16.2. The lowest BCUT2D eigenvalue weighted by atomic mass is 10.1.